The van der Waals surface area contributed by atoms with Crippen molar-refractivity contribution >= 4 is 27.0 Å². The summed E-state index contributed by atoms with van der Waals surface area (Å²) in [5, 5.41) is -0.754. The number of hydrogen-bond acceptors (Lipinski definition) is 7. The van der Waals surface area contributed by atoms with Crippen LogP contribution < -0.4 is 10.5 Å². The van der Waals surface area contributed by atoms with Gasteiger partial charge in [-0.1, -0.05) is 6.07 Å². The molecule has 32 heavy (non-hydrogen) atoms. The number of benzene rings is 1. The van der Waals surface area contributed by atoms with E-state index in [2.05, 4.69) is 15.0 Å². The van der Waals surface area contributed by atoms with Crippen molar-refractivity contribution in [2.75, 3.05) is 13.7 Å². The molecule has 0 amide bonds. The summed E-state index contributed by atoms with van der Waals surface area (Å²) in [5.74, 6) is 0.630. The standard InChI is InChI=1S/C23H25N5O3S/c1-14-10-18-21(26-13-14)16(6-8-25-18)11-15-4-5-19-17(12-15)23(2)20(7-9-31-19)32(29,30)28(3)22(24)27-23/h4-6,8,10,12-13,20H,7,9,11H2,1-3H3,(H2,24,27)/t20-,23+/m0/s1. The summed E-state index contributed by atoms with van der Waals surface area (Å²) in [4.78, 5) is 13.7. The van der Waals surface area contributed by atoms with Crippen LogP contribution in [-0.4, -0.2) is 47.6 Å². The summed E-state index contributed by atoms with van der Waals surface area (Å²) in [6.45, 7) is 4.12. The van der Waals surface area contributed by atoms with E-state index in [1.54, 1.807) is 6.20 Å². The highest BCUT2D eigenvalue weighted by Crippen LogP contribution is 2.45. The molecule has 2 aliphatic heterocycles. The fourth-order valence-corrected chi connectivity index (χ4v) is 6.53. The van der Waals surface area contributed by atoms with Gasteiger partial charge in [0.05, 0.1) is 17.6 Å². The van der Waals surface area contributed by atoms with Crippen LogP contribution in [0.2, 0.25) is 0 Å². The molecular weight excluding hydrogens is 426 g/mol. The van der Waals surface area contributed by atoms with Gasteiger partial charge in [-0.25, -0.2) is 17.7 Å². The number of aliphatic imine (C=N–C) groups is 1. The fourth-order valence-electron chi connectivity index (χ4n) is 4.69. The number of sulfonamides is 1. The lowest BCUT2D eigenvalue weighted by molar-refractivity contribution is 0.310. The van der Waals surface area contributed by atoms with E-state index in [1.165, 1.54) is 7.05 Å². The topological polar surface area (TPSA) is 111 Å². The Morgan fingerprint density at radius 3 is 2.88 bits per heavy atom. The van der Waals surface area contributed by atoms with E-state index in [0.29, 0.717) is 25.2 Å². The first-order valence-electron chi connectivity index (χ1n) is 10.5. The molecule has 2 N–H and O–H groups in total. The van der Waals surface area contributed by atoms with Gasteiger partial charge in [-0.05, 0) is 61.2 Å². The van der Waals surface area contributed by atoms with Crippen LogP contribution in [0.1, 0.15) is 35.6 Å². The van der Waals surface area contributed by atoms with Crippen molar-refractivity contribution in [3.8, 4) is 5.75 Å². The van der Waals surface area contributed by atoms with Gasteiger partial charge in [0, 0.05) is 31.4 Å². The van der Waals surface area contributed by atoms with Crippen molar-refractivity contribution in [3.05, 3.63) is 65.0 Å². The first-order chi connectivity index (χ1) is 15.2. The molecule has 5 rings (SSSR count). The number of ether oxygens (including phenoxy) is 1. The lowest BCUT2D eigenvalue weighted by Gasteiger charge is -2.40. The van der Waals surface area contributed by atoms with Crippen LogP contribution in [0.15, 0.2) is 47.7 Å². The molecule has 1 aromatic carbocycles. The molecule has 2 atom stereocenters. The third-order valence-electron chi connectivity index (χ3n) is 6.46. The van der Waals surface area contributed by atoms with E-state index in [4.69, 9.17) is 10.5 Å². The maximum Gasteiger partial charge on any atom is 0.242 e. The van der Waals surface area contributed by atoms with Crippen LogP contribution in [-0.2, 0) is 22.0 Å². The monoisotopic (exact) mass is 451 g/mol. The third kappa shape index (κ3) is 3.10. The molecule has 2 aromatic heterocycles. The molecule has 0 bridgehead atoms. The number of aryl methyl sites for hydroxylation is 1. The molecular formula is C23H25N5O3S. The van der Waals surface area contributed by atoms with Crippen molar-refractivity contribution in [1.29, 1.82) is 0 Å². The van der Waals surface area contributed by atoms with E-state index in [0.717, 1.165) is 37.6 Å². The van der Waals surface area contributed by atoms with E-state index >= 15 is 0 Å². The van der Waals surface area contributed by atoms with E-state index in [9.17, 15) is 8.42 Å². The molecule has 0 spiro atoms. The Morgan fingerprint density at radius 1 is 1.25 bits per heavy atom. The minimum atomic E-state index is -3.66. The lowest BCUT2D eigenvalue weighted by atomic mass is 9.85. The van der Waals surface area contributed by atoms with Crippen LogP contribution in [0.25, 0.3) is 11.0 Å². The number of fused-ring (bicyclic) bond motifs is 4. The van der Waals surface area contributed by atoms with Gasteiger partial charge in [-0.15, -0.1) is 0 Å². The van der Waals surface area contributed by atoms with E-state index in [-0.39, 0.29) is 5.96 Å². The molecule has 3 aromatic rings. The van der Waals surface area contributed by atoms with E-state index in [1.807, 2.05) is 50.4 Å². The number of pyridine rings is 2. The molecule has 8 nitrogen and oxygen atoms in total. The molecule has 2 aliphatic rings. The summed E-state index contributed by atoms with van der Waals surface area (Å²) < 4.78 is 33.4. The first-order valence-corrected chi connectivity index (χ1v) is 12.0. The maximum atomic E-state index is 13.2. The van der Waals surface area contributed by atoms with Gasteiger partial charge in [-0.2, -0.15) is 0 Å². The van der Waals surface area contributed by atoms with Gasteiger partial charge >= 0.3 is 0 Å². The third-order valence-corrected chi connectivity index (χ3v) is 8.82. The average Bonchev–Trinajstić information content (AvgIpc) is 2.89. The molecule has 4 heterocycles. The SMILES string of the molecule is Cc1cnc2c(Cc3ccc4c(c3)[C@@]3(C)N=C(N)N(C)S(=O)(=O)[C@H]3CCO4)ccnc2c1. The number of aromatic nitrogens is 2. The normalized spacial score (nSPS) is 24.2. The molecule has 0 radical (unpaired) electrons. The molecule has 9 heteroatoms. The van der Waals surface area contributed by atoms with Crippen molar-refractivity contribution < 1.29 is 13.2 Å². The van der Waals surface area contributed by atoms with Gasteiger partial charge in [0.2, 0.25) is 16.0 Å². The lowest BCUT2D eigenvalue weighted by Crippen LogP contribution is -2.56. The van der Waals surface area contributed by atoms with Gasteiger partial charge < -0.3 is 10.5 Å². The minimum absolute atomic E-state index is 0.0123. The highest BCUT2D eigenvalue weighted by molar-refractivity contribution is 7.90. The number of hydrogen-bond donors (Lipinski definition) is 1. The van der Waals surface area contributed by atoms with Crippen LogP contribution in [0.3, 0.4) is 0 Å². The largest absolute Gasteiger partial charge is 0.493 e. The Hall–Kier alpha value is -3.20. The van der Waals surface area contributed by atoms with Crippen LogP contribution in [0, 0.1) is 6.92 Å². The Balaban J connectivity index is 1.62. The van der Waals surface area contributed by atoms with Crippen molar-refractivity contribution in [2.45, 2.75) is 37.5 Å². The smallest absolute Gasteiger partial charge is 0.242 e. The summed E-state index contributed by atoms with van der Waals surface area (Å²) in [7, 11) is -2.22. The van der Waals surface area contributed by atoms with Gasteiger partial charge in [0.1, 0.15) is 16.5 Å². The quantitative estimate of drug-likeness (QED) is 0.641. The van der Waals surface area contributed by atoms with Gasteiger partial charge in [0.15, 0.2) is 0 Å². The minimum Gasteiger partial charge on any atom is -0.493 e. The summed E-state index contributed by atoms with van der Waals surface area (Å²) >= 11 is 0. The molecule has 0 fully saturated rings. The second-order valence-corrected chi connectivity index (χ2v) is 10.8. The molecule has 166 valence electrons. The van der Waals surface area contributed by atoms with E-state index < -0.39 is 20.8 Å². The Bertz CT molecular complexity index is 1370. The maximum absolute atomic E-state index is 13.2. The van der Waals surface area contributed by atoms with Crippen molar-refractivity contribution in [3.63, 3.8) is 0 Å². The highest BCUT2D eigenvalue weighted by Gasteiger charge is 2.52. The average molecular weight is 452 g/mol. The predicted molar refractivity (Wildman–Crippen MR) is 123 cm³/mol. The molecule has 0 saturated heterocycles. The first kappa shape index (κ1) is 20.7. The number of nitrogens with two attached hydrogens (primary N) is 1. The zero-order valence-electron chi connectivity index (χ0n) is 18.2. The molecule has 0 aliphatic carbocycles. The van der Waals surface area contributed by atoms with Crippen LogP contribution >= 0.6 is 0 Å². The summed E-state index contributed by atoms with van der Waals surface area (Å²) in [6.07, 6.45) is 4.58. The molecule has 0 unspecified atom stereocenters. The zero-order valence-corrected chi connectivity index (χ0v) is 19.1. The Labute approximate surface area is 187 Å². The second kappa shape index (κ2) is 7.16. The summed E-state index contributed by atoms with van der Waals surface area (Å²) in [6, 6.07) is 9.87. The molecule has 0 saturated carbocycles. The zero-order chi connectivity index (χ0) is 22.7. The van der Waals surface area contributed by atoms with Crippen molar-refractivity contribution in [2.24, 2.45) is 10.7 Å². The Morgan fingerprint density at radius 2 is 2.06 bits per heavy atom. The van der Waals surface area contributed by atoms with Crippen LogP contribution in [0.4, 0.5) is 0 Å². The van der Waals surface area contributed by atoms with Crippen LogP contribution in [0.5, 0.6) is 5.75 Å². The van der Waals surface area contributed by atoms with Crippen molar-refractivity contribution in [1.82, 2.24) is 14.3 Å². The highest BCUT2D eigenvalue weighted by atomic mass is 32.2. The second-order valence-electron chi connectivity index (χ2n) is 8.61. The fraction of sp³-hybridized carbons (Fsp3) is 0.348. The number of rotatable bonds is 2. The van der Waals surface area contributed by atoms with Gasteiger partial charge in [0.25, 0.3) is 0 Å². The summed E-state index contributed by atoms with van der Waals surface area (Å²) in [5.41, 5.74) is 10.6. The predicted octanol–water partition coefficient (Wildman–Crippen LogP) is 2.49. The van der Waals surface area contributed by atoms with Gasteiger partial charge in [-0.3, -0.25) is 9.97 Å². The number of nitrogens with zero attached hydrogens (tertiary/aromatic N) is 4. The Kier molecular flexibility index (Phi) is 4.63. The number of guanidine groups is 1.